The van der Waals surface area contributed by atoms with E-state index in [1.807, 2.05) is 18.2 Å². The van der Waals surface area contributed by atoms with E-state index < -0.39 is 5.41 Å². The standard InChI is InChI=1S/C51H32BN3O/c1-31-28-37-35-23-15-25-39-48(35)55(43-27-14-12-24-38(43)51(39,33-18-7-3-8-19-33)34-20-9-4-10-21-34)52-40-29-41-45(56-50(53-41)32-16-5-2-6-17-32)30-44(40)54-42-26-13-11-22-36(42)46(31)49(54)47(37)52/h2-30H,1H3. The summed E-state index contributed by atoms with van der Waals surface area (Å²) in [4.78, 5) is 7.82. The molecule has 0 N–H and O–H groups in total. The molecule has 3 aliphatic heterocycles. The third-order valence-electron chi connectivity index (χ3n) is 12.8. The molecule has 0 unspecified atom stereocenters. The van der Waals surface area contributed by atoms with E-state index >= 15 is 0 Å². The Kier molecular flexibility index (Phi) is 5.82. The molecular weight excluding hydrogens is 681 g/mol. The molecule has 5 heteroatoms. The van der Waals surface area contributed by atoms with Crippen molar-refractivity contribution in [2.75, 3.05) is 4.81 Å². The van der Waals surface area contributed by atoms with Crippen LogP contribution in [0, 0.1) is 6.92 Å². The number of aryl methyl sites for hydroxylation is 1. The summed E-state index contributed by atoms with van der Waals surface area (Å²) in [6, 6.07) is 64.5. The van der Waals surface area contributed by atoms with Gasteiger partial charge in [-0.05, 0) is 81.6 Å². The number of anilines is 2. The lowest BCUT2D eigenvalue weighted by Crippen LogP contribution is -2.62. The van der Waals surface area contributed by atoms with Crippen molar-refractivity contribution in [3.8, 4) is 28.3 Å². The molecule has 0 radical (unpaired) electrons. The van der Waals surface area contributed by atoms with Gasteiger partial charge in [-0.1, -0.05) is 140 Å². The van der Waals surface area contributed by atoms with Crippen molar-refractivity contribution in [2.24, 2.45) is 0 Å². The van der Waals surface area contributed by atoms with E-state index in [1.54, 1.807) is 0 Å². The maximum Gasteiger partial charge on any atom is 0.333 e. The Hall–Kier alpha value is -7.11. The molecule has 0 atom stereocenters. The molecule has 260 valence electrons. The van der Waals surface area contributed by atoms with Crippen LogP contribution in [0.1, 0.15) is 27.8 Å². The zero-order chi connectivity index (χ0) is 36.7. The number of rotatable bonds is 3. The number of oxazole rings is 1. The lowest BCUT2D eigenvalue weighted by molar-refractivity contribution is 0.619. The van der Waals surface area contributed by atoms with Crippen molar-refractivity contribution in [1.82, 2.24) is 9.55 Å². The largest absolute Gasteiger partial charge is 0.436 e. The van der Waals surface area contributed by atoms with E-state index in [9.17, 15) is 0 Å². The monoisotopic (exact) mass is 713 g/mol. The van der Waals surface area contributed by atoms with Gasteiger partial charge in [-0.25, -0.2) is 4.98 Å². The number of hydrogen-bond donors (Lipinski definition) is 0. The van der Waals surface area contributed by atoms with Gasteiger partial charge in [-0.15, -0.1) is 0 Å². The Morgan fingerprint density at radius 1 is 0.607 bits per heavy atom. The van der Waals surface area contributed by atoms with E-state index in [4.69, 9.17) is 9.40 Å². The molecule has 0 saturated carbocycles. The zero-order valence-corrected chi connectivity index (χ0v) is 30.6. The fourth-order valence-corrected chi connectivity index (χ4v) is 10.7. The van der Waals surface area contributed by atoms with Crippen LogP contribution in [-0.4, -0.2) is 16.4 Å². The molecule has 5 heterocycles. The normalized spacial score (nSPS) is 14.2. The number of hydrogen-bond acceptors (Lipinski definition) is 3. The first kappa shape index (κ1) is 30.2. The van der Waals surface area contributed by atoms with E-state index in [2.05, 4.69) is 174 Å². The predicted molar refractivity (Wildman–Crippen MR) is 229 cm³/mol. The first-order valence-electron chi connectivity index (χ1n) is 19.4. The third-order valence-corrected chi connectivity index (χ3v) is 12.8. The second kappa shape index (κ2) is 10.8. The number of para-hydroxylation sites is 3. The van der Waals surface area contributed by atoms with E-state index in [1.165, 1.54) is 83.1 Å². The van der Waals surface area contributed by atoms with Crippen LogP contribution in [0.25, 0.3) is 61.2 Å². The van der Waals surface area contributed by atoms with Gasteiger partial charge in [0.05, 0.1) is 16.4 Å². The summed E-state index contributed by atoms with van der Waals surface area (Å²) >= 11 is 0. The average molecular weight is 714 g/mol. The summed E-state index contributed by atoms with van der Waals surface area (Å²) in [5.41, 5.74) is 19.6. The first-order valence-corrected chi connectivity index (χ1v) is 19.4. The molecule has 0 spiro atoms. The minimum atomic E-state index is -0.551. The van der Waals surface area contributed by atoms with E-state index in [-0.39, 0.29) is 6.85 Å². The van der Waals surface area contributed by atoms with Gasteiger partial charge in [0.1, 0.15) is 5.52 Å². The van der Waals surface area contributed by atoms with Crippen LogP contribution in [0.15, 0.2) is 180 Å². The molecule has 0 bridgehead atoms. The van der Waals surface area contributed by atoms with Crippen LogP contribution in [0.4, 0.5) is 11.4 Å². The lowest BCUT2D eigenvalue weighted by Gasteiger charge is -2.51. The van der Waals surface area contributed by atoms with Crippen LogP contribution in [0.2, 0.25) is 0 Å². The molecule has 0 saturated heterocycles. The van der Waals surface area contributed by atoms with Crippen molar-refractivity contribution < 1.29 is 4.42 Å². The van der Waals surface area contributed by atoms with Gasteiger partial charge < -0.3 is 13.8 Å². The number of benzene rings is 8. The van der Waals surface area contributed by atoms with Gasteiger partial charge in [0.15, 0.2) is 5.58 Å². The summed E-state index contributed by atoms with van der Waals surface area (Å²) in [7, 11) is 0. The van der Waals surface area contributed by atoms with Crippen LogP contribution in [0.3, 0.4) is 0 Å². The summed E-state index contributed by atoms with van der Waals surface area (Å²) < 4.78 is 9.12. The Bertz CT molecular complexity index is 3240. The Labute approximate surface area is 324 Å². The summed E-state index contributed by atoms with van der Waals surface area (Å²) in [5.74, 6) is 0.634. The second-order valence-corrected chi connectivity index (χ2v) is 15.5. The van der Waals surface area contributed by atoms with Crippen molar-refractivity contribution >= 4 is 62.1 Å². The second-order valence-electron chi connectivity index (χ2n) is 15.5. The quantitative estimate of drug-likeness (QED) is 0.171. The van der Waals surface area contributed by atoms with Crippen molar-refractivity contribution in [2.45, 2.75) is 12.3 Å². The van der Waals surface area contributed by atoms with Crippen molar-refractivity contribution in [3.63, 3.8) is 0 Å². The SMILES string of the molecule is Cc1cc2c3c4c1c1ccccc1n4-c1cc4oc(-c5ccccc5)nc4cc1B3N1c3ccccc3C(c3ccccc3)(c3ccccc3)c3cccc-2c31. The molecule has 0 aliphatic carbocycles. The van der Waals surface area contributed by atoms with Gasteiger partial charge in [-0.3, -0.25) is 0 Å². The smallest absolute Gasteiger partial charge is 0.333 e. The highest BCUT2D eigenvalue weighted by Gasteiger charge is 2.53. The van der Waals surface area contributed by atoms with Crippen molar-refractivity contribution in [3.05, 3.63) is 204 Å². The van der Waals surface area contributed by atoms with Crippen LogP contribution in [-0.2, 0) is 5.41 Å². The summed E-state index contributed by atoms with van der Waals surface area (Å²) in [6.07, 6.45) is 0. The van der Waals surface area contributed by atoms with E-state index in [0.717, 1.165) is 22.4 Å². The fraction of sp³-hybridized carbons (Fsp3) is 0.0392. The molecule has 13 rings (SSSR count). The van der Waals surface area contributed by atoms with Gasteiger partial charge in [0, 0.05) is 45.0 Å². The van der Waals surface area contributed by atoms with Gasteiger partial charge >= 0.3 is 6.85 Å². The van der Waals surface area contributed by atoms with E-state index in [0.29, 0.717) is 5.89 Å². The number of aromatic nitrogens is 2. The molecule has 0 fully saturated rings. The Morgan fingerprint density at radius 2 is 1.29 bits per heavy atom. The Morgan fingerprint density at radius 3 is 2.07 bits per heavy atom. The molecule has 3 aliphatic rings. The highest BCUT2D eigenvalue weighted by Crippen LogP contribution is 2.60. The summed E-state index contributed by atoms with van der Waals surface area (Å²) in [6.45, 7) is 2.17. The zero-order valence-electron chi connectivity index (χ0n) is 30.6. The fourth-order valence-electron chi connectivity index (χ4n) is 10.7. The Balaban J connectivity index is 1.21. The number of fused-ring (bicyclic) bond motifs is 11. The molecule has 0 amide bonds. The first-order chi connectivity index (χ1) is 27.7. The van der Waals surface area contributed by atoms with Crippen molar-refractivity contribution in [1.29, 1.82) is 0 Å². The van der Waals surface area contributed by atoms with Crippen LogP contribution in [0.5, 0.6) is 0 Å². The molecular formula is C51H32BN3O. The maximum absolute atomic E-state index is 6.61. The summed E-state index contributed by atoms with van der Waals surface area (Å²) in [5, 5.41) is 2.58. The molecule has 56 heavy (non-hydrogen) atoms. The molecule has 10 aromatic rings. The van der Waals surface area contributed by atoms with Gasteiger partial charge in [0.25, 0.3) is 0 Å². The molecule has 2 aromatic heterocycles. The maximum atomic E-state index is 6.61. The van der Waals surface area contributed by atoms with Gasteiger partial charge in [-0.2, -0.15) is 0 Å². The molecule has 8 aromatic carbocycles. The van der Waals surface area contributed by atoms with Crippen LogP contribution < -0.4 is 15.7 Å². The highest BCUT2D eigenvalue weighted by atomic mass is 16.3. The minimum Gasteiger partial charge on any atom is -0.436 e. The molecule has 4 nitrogen and oxygen atoms in total. The third kappa shape index (κ3) is 3.63. The topological polar surface area (TPSA) is 34.2 Å². The number of nitrogens with zero attached hydrogens (tertiary/aromatic N) is 3. The highest BCUT2D eigenvalue weighted by molar-refractivity contribution is 6.94. The predicted octanol–water partition coefficient (Wildman–Crippen LogP) is 10.8. The minimum absolute atomic E-state index is 0.125. The average Bonchev–Trinajstić information content (AvgIpc) is 3.84. The van der Waals surface area contributed by atoms with Gasteiger partial charge in [0.2, 0.25) is 5.89 Å². The van der Waals surface area contributed by atoms with Crippen LogP contribution >= 0.6 is 0 Å². The lowest BCUT2D eigenvalue weighted by atomic mass is 9.42.